The summed E-state index contributed by atoms with van der Waals surface area (Å²) >= 11 is 0. The van der Waals surface area contributed by atoms with Crippen LogP contribution in [0.3, 0.4) is 0 Å². The van der Waals surface area contributed by atoms with Crippen LogP contribution in [0.2, 0.25) is 0 Å². The molecule has 4 aromatic rings. The van der Waals surface area contributed by atoms with Crippen molar-refractivity contribution in [3.05, 3.63) is 114 Å². The maximum absolute atomic E-state index is 12.9. The molecule has 0 unspecified atom stereocenters. The van der Waals surface area contributed by atoms with Crippen LogP contribution in [0, 0.1) is 5.92 Å². The maximum atomic E-state index is 12.9. The van der Waals surface area contributed by atoms with Crippen LogP contribution in [0.4, 0.5) is 17.1 Å². The summed E-state index contributed by atoms with van der Waals surface area (Å²) in [6, 6.07) is 25.9. The minimum atomic E-state index is 0.115. The molecule has 1 aliphatic rings. The molecule has 1 saturated heterocycles. The third-order valence-corrected chi connectivity index (χ3v) is 7.42. The first kappa shape index (κ1) is 25.5. The Hall–Kier alpha value is -4.12. The quantitative estimate of drug-likeness (QED) is 0.253. The van der Waals surface area contributed by atoms with Crippen LogP contribution in [-0.4, -0.2) is 29.2 Å². The molecule has 1 aliphatic heterocycles. The van der Waals surface area contributed by atoms with Crippen molar-refractivity contribution in [2.75, 3.05) is 23.3 Å². The molecule has 2 heterocycles. The fourth-order valence-corrected chi connectivity index (χ4v) is 4.95. The number of piperidine rings is 1. The Morgan fingerprint density at radius 2 is 1.26 bits per heavy atom. The first-order chi connectivity index (χ1) is 18.4. The van der Waals surface area contributed by atoms with Gasteiger partial charge in [-0.3, -0.25) is 9.59 Å². The topological polar surface area (TPSA) is 54.3 Å². The number of benzene rings is 3. The average molecular weight is 506 g/mol. The van der Waals surface area contributed by atoms with Gasteiger partial charge in [0.15, 0.2) is 11.6 Å². The molecule has 1 aromatic heterocycles. The van der Waals surface area contributed by atoms with E-state index in [1.807, 2.05) is 90.7 Å². The second kappa shape index (κ2) is 11.5. The zero-order chi connectivity index (χ0) is 26.5. The van der Waals surface area contributed by atoms with Gasteiger partial charge < -0.3 is 14.8 Å². The molecule has 0 aliphatic carbocycles. The number of nitrogens with zero attached hydrogens (tertiary/aromatic N) is 2. The van der Waals surface area contributed by atoms with E-state index in [9.17, 15) is 9.59 Å². The van der Waals surface area contributed by atoms with E-state index >= 15 is 0 Å². The van der Waals surface area contributed by atoms with Gasteiger partial charge in [-0.05, 0) is 84.5 Å². The van der Waals surface area contributed by atoms with Crippen molar-refractivity contribution in [1.29, 1.82) is 0 Å². The molecule has 0 radical (unpaired) electrons. The van der Waals surface area contributed by atoms with Crippen LogP contribution in [0.15, 0.2) is 91.3 Å². The van der Waals surface area contributed by atoms with Gasteiger partial charge >= 0.3 is 0 Å². The number of nitrogens with one attached hydrogen (secondary N) is 1. The van der Waals surface area contributed by atoms with Gasteiger partial charge in [-0.15, -0.1) is 0 Å². The SMILES string of the molecule is CC1CCN(c2ccc(C(=O)Cc3ccc(Nc4ccc(CC(=O)c5ccn(C)c5)cc4)cc3)cc2)CC1. The standard InChI is InChI=1S/C33H35N3O2/c1-24-15-19-36(20-16-24)31-13-7-27(8-14-31)32(37)21-25-3-9-29(10-4-25)34-30-11-5-26(6-12-30)22-33(38)28-17-18-35(2)23-28/h3-14,17-18,23-24,34H,15-16,19-22H2,1-2H3. The lowest BCUT2D eigenvalue weighted by Gasteiger charge is -2.32. The van der Waals surface area contributed by atoms with E-state index in [1.165, 1.54) is 18.5 Å². The summed E-state index contributed by atoms with van der Waals surface area (Å²) < 4.78 is 1.88. The Balaban J connectivity index is 1.13. The summed E-state index contributed by atoms with van der Waals surface area (Å²) in [6.07, 6.45) is 6.95. The molecule has 0 saturated carbocycles. The minimum absolute atomic E-state index is 0.115. The van der Waals surface area contributed by atoms with Gasteiger partial charge in [0.1, 0.15) is 0 Å². The third-order valence-electron chi connectivity index (χ3n) is 7.42. The minimum Gasteiger partial charge on any atom is -0.372 e. The monoisotopic (exact) mass is 505 g/mol. The third kappa shape index (κ3) is 6.41. The van der Waals surface area contributed by atoms with Gasteiger partial charge in [-0.25, -0.2) is 0 Å². The highest BCUT2D eigenvalue weighted by Gasteiger charge is 2.16. The van der Waals surface area contributed by atoms with E-state index in [1.54, 1.807) is 0 Å². The molecule has 5 heteroatoms. The summed E-state index contributed by atoms with van der Waals surface area (Å²) in [5.41, 5.74) is 6.58. The molecular formula is C33H35N3O2. The summed E-state index contributed by atoms with van der Waals surface area (Å²) in [5.74, 6) is 1.05. The van der Waals surface area contributed by atoms with Crippen LogP contribution in [0.25, 0.3) is 0 Å². The van der Waals surface area contributed by atoms with Crippen molar-refractivity contribution < 1.29 is 9.59 Å². The number of rotatable bonds is 9. The van der Waals surface area contributed by atoms with Gasteiger partial charge in [-0.1, -0.05) is 31.2 Å². The van der Waals surface area contributed by atoms with Crippen molar-refractivity contribution >= 4 is 28.6 Å². The van der Waals surface area contributed by atoms with Crippen molar-refractivity contribution in [3.8, 4) is 0 Å². The molecule has 194 valence electrons. The molecule has 38 heavy (non-hydrogen) atoms. The molecule has 0 spiro atoms. The summed E-state index contributed by atoms with van der Waals surface area (Å²) in [5, 5.41) is 3.39. The first-order valence-corrected chi connectivity index (χ1v) is 13.4. The smallest absolute Gasteiger partial charge is 0.168 e. The van der Waals surface area contributed by atoms with Crippen LogP contribution >= 0.6 is 0 Å². The lowest BCUT2D eigenvalue weighted by molar-refractivity contribution is 0.0985. The first-order valence-electron chi connectivity index (χ1n) is 13.4. The molecule has 0 amide bonds. The maximum Gasteiger partial charge on any atom is 0.168 e. The predicted molar refractivity (Wildman–Crippen MR) is 155 cm³/mol. The fraction of sp³-hybridized carbons (Fsp3) is 0.273. The highest BCUT2D eigenvalue weighted by atomic mass is 16.1. The van der Waals surface area contributed by atoms with Gasteiger partial charge in [0.05, 0.1) is 0 Å². The summed E-state index contributed by atoms with van der Waals surface area (Å²) in [7, 11) is 1.91. The normalized spacial score (nSPS) is 13.9. The number of hydrogen-bond acceptors (Lipinski definition) is 4. The number of aromatic nitrogens is 1. The number of hydrogen-bond donors (Lipinski definition) is 1. The van der Waals surface area contributed by atoms with Crippen molar-refractivity contribution in [2.45, 2.75) is 32.6 Å². The van der Waals surface area contributed by atoms with Crippen molar-refractivity contribution in [2.24, 2.45) is 13.0 Å². The van der Waals surface area contributed by atoms with E-state index in [-0.39, 0.29) is 11.6 Å². The van der Waals surface area contributed by atoms with Crippen LogP contribution < -0.4 is 10.2 Å². The Kier molecular flexibility index (Phi) is 7.73. The van der Waals surface area contributed by atoms with E-state index in [4.69, 9.17) is 0 Å². The fourth-order valence-electron chi connectivity index (χ4n) is 4.95. The molecule has 0 bridgehead atoms. The van der Waals surface area contributed by atoms with Gasteiger partial charge in [0.2, 0.25) is 0 Å². The predicted octanol–water partition coefficient (Wildman–Crippen LogP) is 6.86. The zero-order valence-electron chi connectivity index (χ0n) is 22.2. The van der Waals surface area contributed by atoms with Gasteiger partial charge in [-0.2, -0.15) is 0 Å². The molecule has 1 fully saturated rings. The molecule has 1 N–H and O–H groups in total. The van der Waals surface area contributed by atoms with Gasteiger partial charge in [0.25, 0.3) is 0 Å². The lowest BCUT2D eigenvalue weighted by Crippen LogP contribution is -2.32. The largest absolute Gasteiger partial charge is 0.372 e. The Bertz CT molecular complexity index is 1380. The number of carbonyl (C=O) groups excluding carboxylic acids is 2. The molecule has 3 aromatic carbocycles. The molecule has 5 rings (SSSR count). The second-order valence-electron chi connectivity index (χ2n) is 10.5. The van der Waals surface area contributed by atoms with E-state index in [0.29, 0.717) is 12.8 Å². The van der Waals surface area contributed by atoms with E-state index < -0.39 is 0 Å². The Labute approximate surface area is 225 Å². The van der Waals surface area contributed by atoms with Crippen LogP contribution in [-0.2, 0) is 19.9 Å². The highest BCUT2D eigenvalue weighted by Crippen LogP contribution is 2.24. The second-order valence-corrected chi connectivity index (χ2v) is 10.5. The lowest BCUT2D eigenvalue weighted by atomic mass is 9.98. The summed E-state index contributed by atoms with van der Waals surface area (Å²) in [4.78, 5) is 27.7. The van der Waals surface area contributed by atoms with E-state index in [0.717, 1.165) is 52.6 Å². The van der Waals surface area contributed by atoms with Crippen LogP contribution in [0.1, 0.15) is 51.6 Å². The molecule has 5 nitrogen and oxygen atoms in total. The molecular weight excluding hydrogens is 470 g/mol. The highest BCUT2D eigenvalue weighted by molar-refractivity contribution is 5.98. The summed E-state index contributed by atoms with van der Waals surface area (Å²) in [6.45, 7) is 4.50. The number of anilines is 3. The Morgan fingerprint density at radius 3 is 1.76 bits per heavy atom. The van der Waals surface area contributed by atoms with Gasteiger partial charge in [0, 0.05) is 73.6 Å². The Morgan fingerprint density at radius 1 is 0.737 bits per heavy atom. The number of ketones is 2. The molecule has 0 atom stereocenters. The van der Waals surface area contributed by atoms with Crippen LogP contribution in [0.5, 0.6) is 0 Å². The zero-order valence-corrected chi connectivity index (χ0v) is 22.2. The van der Waals surface area contributed by atoms with E-state index in [2.05, 4.69) is 29.3 Å². The number of aryl methyl sites for hydroxylation is 1. The van der Waals surface area contributed by atoms with Crippen molar-refractivity contribution in [3.63, 3.8) is 0 Å². The average Bonchev–Trinajstić information content (AvgIpc) is 3.38. The number of Topliss-reactive ketones (excluding diaryl/α,β-unsaturated/α-hetero) is 2. The number of carbonyl (C=O) groups is 2. The van der Waals surface area contributed by atoms with Crippen molar-refractivity contribution in [1.82, 2.24) is 4.57 Å².